The number of imidazole rings is 1. The fraction of sp³-hybridized carbons (Fsp3) is 0.240. The van der Waals surface area contributed by atoms with Gasteiger partial charge in [-0.3, -0.25) is 14.2 Å². The quantitative estimate of drug-likeness (QED) is 0.411. The summed E-state index contributed by atoms with van der Waals surface area (Å²) in [6, 6.07) is 20.0. The first-order chi connectivity index (χ1) is 15.4. The lowest BCUT2D eigenvalue weighted by Crippen LogP contribution is -2.26. The molecule has 0 atom stereocenters. The summed E-state index contributed by atoms with van der Waals surface area (Å²) in [7, 11) is 0. The third-order valence-electron chi connectivity index (χ3n) is 5.31. The number of aryl methyl sites for hydroxylation is 1. The van der Waals surface area contributed by atoms with Crippen LogP contribution in [0.15, 0.2) is 66.9 Å². The smallest absolute Gasteiger partial charge is 0.303 e. The molecule has 3 aromatic heterocycles. The van der Waals surface area contributed by atoms with Crippen LogP contribution in [0.2, 0.25) is 0 Å². The molecule has 0 aliphatic heterocycles. The molecule has 0 radical (unpaired) electrons. The highest BCUT2D eigenvalue weighted by Gasteiger charge is 2.20. The molecule has 1 N–H and O–H groups in total. The molecule has 32 heavy (non-hydrogen) atoms. The first kappa shape index (κ1) is 20.2. The highest BCUT2D eigenvalue weighted by atomic mass is 16.5. The number of hydrogen-bond donors (Lipinski definition) is 1. The normalized spacial score (nSPS) is 12.0. The molecular formula is C25H25N5O2. The van der Waals surface area contributed by atoms with Crippen molar-refractivity contribution < 1.29 is 9.84 Å². The maximum atomic E-state index is 10.4. The van der Waals surface area contributed by atoms with Gasteiger partial charge in [-0.2, -0.15) is 10.1 Å². The summed E-state index contributed by atoms with van der Waals surface area (Å²) in [6.45, 7) is 6.76. The Bertz CT molecular complexity index is 1390. The number of nitrogens with zero attached hydrogens (tertiary/aromatic N) is 5. The summed E-state index contributed by atoms with van der Waals surface area (Å²) in [6.07, 6.45) is 1.79. The number of hydrogen-bond acceptors (Lipinski definition) is 5. The first-order valence-electron chi connectivity index (χ1n) is 10.7. The van der Waals surface area contributed by atoms with E-state index in [9.17, 15) is 5.11 Å². The van der Waals surface area contributed by atoms with Crippen molar-refractivity contribution in [1.29, 1.82) is 0 Å². The van der Waals surface area contributed by atoms with E-state index in [2.05, 4.69) is 16.9 Å². The molecule has 5 aromatic rings. The Hall–Kier alpha value is -3.71. The molecule has 0 fully saturated rings. The van der Waals surface area contributed by atoms with Gasteiger partial charge < -0.3 is 9.84 Å². The molecule has 0 aliphatic rings. The van der Waals surface area contributed by atoms with E-state index >= 15 is 0 Å². The Morgan fingerprint density at radius 3 is 2.47 bits per heavy atom. The average molecular weight is 428 g/mol. The zero-order valence-corrected chi connectivity index (χ0v) is 18.4. The van der Waals surface area contributed by atoms with Gasteiger partial charge in [0, 0.05) is 18.3 Å². The SMILES string of the molecule is CCn1nc(-c2ccc(Oc3nc4ccccc4n3CC(C)(C)O)cc2)c2ncccc21. The molecule has 7 heteroatoms. The summed E-state index contributed by atoms with van der Waals surface area (Å²) in [5, 5.41) is 15.1. The molecule has 7 nitrogen and oxygen atoms in total. The number of fused-ring (bicyclic) bond motifs is 2. The van der Waals surface area contributed by atoms with Crippen molar-refractivity contribution in [3.05, 3.63) is 66.9 Å². The van der Waals surface area contributed by atoms with Crippen LogP contribution in [0.1, 0.15) is 20.8 Å². The molecule has 0 bridgehead atoms. The van der Waals surface area contributed by atoms with Crippen molar-refractivity contribution in [2.75, 3.05) is 0 Å². The van der Waals surface area contributed by atoms with E-state index in [1.165, 1.54) is 0 Å². The molecule has 0 spiro atoms. The van der Waals surface area contributed by atoms with Crippen molar-refractivity contribution in [3.8, 4) is 23.0 Å². The molecule has 5 rings (SSSR count). The summed E-state index contributed by atoms with van der Waals surface area (Å²) in [5.74, 6) is 0.660. The van der Waals surface area contributed by atoms with Gasteiger partial charge >= 0.3 is 6.01 Å². The number of aliphatic hydroxyl groups is 1. The van der Waals surface area contributed by atoms with E-state index in [0.717, 1.165) is 39.9 Å². The maximum absolute atomic E-state index is 10.4. The highest BCUT2D eigenvalue weighted by Crippen LogP contribution is 2.31. The second-order valence-corrected chi connectivity index (χ2v) is 8.44. The zero-order chi connectivity index (χ0) is 22.3. The van der Waals surface area contributed by atoms with E-state index in [1.807, 2.05) is 69.9 Å². The zero-order valence-electron chi connectivity index (χ0n) is 18.4. The van der Waals surface area contributed by atoms with Crippen LogP contribution in [0.4, 0.5) is 0 Å². The van der Waals surface area contributed by atoms with Gasteiger partial charge in [0.15, 0.2) is 0 Å². The number of para-hydroxylation sites is 2. The molecule has 3 heterocycles. The predicted molar refractivity (Wildman–Crippen MR) is 125 cm³/mol. The van der Waals surface area contributed by atoms with Crippen molar-refractivity contribution in [3.63, 3.8) is 0 Å². The molecular weight excluding hydrogens is 402 g/mol. The van der Waals surface area contributed by atoms with E-state index < -0.39 is 5.60 Å². The van der Waals surface area contributed by atoms with Crippen LogP contribution in [0.3, 0.4) is 0 Å². The summed E-state index contributed by atoms with van der Waals surface area (Å²) in [5.41, 5.74) is 4.56. The van der Waals surface area contributed by atoms with Crippen LogP contribution in [0.5, 0.6) is 11.8 Å². The van der Waals surface area contributed by atoms with Crippen LogP contribution in [0, 0.1) is 0 Å². The number of aromatic nitrogens is 5. The van der Waals surface area contributed by atoms with Crippen LogP contribution >= 0.6 is 0 Å². The Labute approximate surface area is 185 Å². The first-order valence-corrected chi connectivity index (χ1v) is 10.7. The fourth-order valence-electron chi connectivity index (χ4n) is 3.90. The second-order valence-electron chi connectivity index (χ2n) is 8.44. The Morgan fingerprint density at radius 2 is 1.72 bits per heavy atom. The topological polar surface area (TPSA) is 78.0 Å². The predicted octanol–water partition coefficient (Wildman–Crippen LogP) is 5.03. The summed E-state index contributed by atoms with van der Waals surface area (Å²) < 4.78 is 10.0. The molecule has 162 valence electrons. The van der Waals surface area contributed by atoms with Crippen molar-refractivity contribution in [2.24, 2.45) is 0 Å². The van der Waals surface area contributed by atoms with E-state index in [0.29, 0.717) is 18.3 Å². The molecule has 0 aliphatic carbocycles. The maximum Gasteiger partial charge on any atom is 0.303 e. The minimum Gasteiger partial charge on any atom is -0.425 e. The number of benzene rings is 2. The van der Waals surface area contributed by atoms with Gasteiger partial charge in [0.25, 0.3) is 0 Å². The van der Waals surface area contributed by atoms with Gasteiger partial charge in [0.2, 0.25) is 0 Å². The van der Waals surface area contributed by atoms with Gasteiger partial charge in [-0.25, -0.2) is 0 Å². The number of pyridine rings is 1. The Kier molecular flexibility index (Phi) is 4.90. The van der Waals surface area contributed by atoms with E-state index in [-0.39, 0.29) is 0 Å². The molecule has 2 aromatic carbocycles. The standard InChI is InChI=1S/C25H25N5O2/c1-4-30-21-10-7-15-26-23(21)22(28-30)17-11-13-18(14-12-17)32-24-27-19-8-5-6-9-20(19)29(24)16-25(2,3)31/h5-15,31H,4,16H2,1-3H3. The number of rotatable bonds is 6. The van der Waals surface area contributed by atoms with E-state index in [4.69, 9.17) is 9.84 Å². The largest absolute Gasteiger partial charge is 0.425 e. The minimum absolute atomic E-state index is 0.368. The van der Waals surface area contributed by atoms with Gasteiger partial charge in [-0.1, -0.05) is 12.1 Å². The number of ether oxygens (including phenoxy) is 1. The third kappa shape index (κ3) is 3.71. The van der Waals surface area contributed by atoms with Crippen LogP contribution in [-0.4, -0.2) is 35.0 Å². The van der Waals surface area contributed by atoms with Crippen LogP contribution < -0.4 is 4.74 Å². The van der Waals surface area contributed by atoms with Gasteiger partial charge in [0.05, 0.1) is 28.7 Å². The van der Waals surface area contributed by atoms with E-state index in [1.54, 1.807) is 20.0 Å². The highest BCUT2D eigenvalue weighted by molar-refractivity contribution is 5.89. The Balaban J connectivity index is 1.49. The van der Waals surface area contributed by atoms with Crippen molar-refractivity contribution in [2.45, 2.75) is 39.5 Å². The monoisotopic (exact) mass is 427 g/mol. The van der Waals surface area contributed by atoms with Gasteiger partial charge in [-0.05, 0) is 69.3 Å². The second kappa shape index (κ2) is 7.76. The van der Waals surface area contributed by atoms with Crippen molar-refractivity contribution in [1.82, 2.24) is 24.3 Å². The van der Waals surface area contributed by atoms with Gasteiger partial charge in [0.1, 0.15) is 17.0 Å². The van der Waals surface area contributed by atoms with Crippen molar-refractivity contribution >= 4 is 22.1 Å². The lowest BCUT2D eigenvalue weighted by atomic mass is 10.1. The third-order valence-corrected chi connectivity index (χ3v) is 5.31. The molecule has 0 saturated carbocycles. The summed E-state index contributed by atoms with van der Waals surface area (Å²) >= 11 is 0. The minimum atomic E-state index is -0.905. The lowest BCUT2D eigenvalue weighted by molar-refractivity contribution is 0.0606. The average Bonchev–Trinajstić information content (AvgIpc) is 3.32. The fourth-order valence-corrected chi connectivity index (χ4v) is 3.90. The molecule has 0 saturated heterocycles. The molecule has 0 amide bonds. The Morgan fingerprint density at radius 1 is 0.969 bits per heavy atom. The van der Waals surface area contributed by atoms with Crippen LogP contribution in [0.25, 0.3) is 33.3 Å². The van der Waals surface area contributed by atoms with Gasteiger partial charge in [-0.15, -0.1) is 0 Å². The molecule has 0 unspecified atom stereocenters. The summed E-state index contributed by atoms with van der Waals surface area (Å²) in [4.78, 5) is 9.17. The van der Waals surface area contributed by atoms with Crippen LogP contribution in [-0.2, 0) is 13.1 Å². The lowest BCUT2D eigenvalue weighted by Gasteiger charge is -2.19.